The summed E-state index contributed by atoms with van der Waals surface area (Å²) in [4.78, 5) is 0. The van der Waals surface area contributed by atoms with Crippen molar-refractivity contribution in [3.05, 3.63) is 50.6 Å². The molecule has 0 amide bonds. The molecule has 0 aliphatic heterocycles. The molecule has 2 unspecified atom stereocenters. The van der Waals surface area contributed by atoms with E-state index in [1.54, 1.807) is 23.5 Å². The maximum absolute atomic E-state index is 4.58. The molecular formula is C12H18NS2. The van der Waals surface area contributed by atoms with Gasteiger partial charge in [0.2, 0.25) is 0 Å². The molecule has 0 aromatic heterocycles. The van der Waals surface area contributed by atoms with E-state index in [2.05, 4.69) is 31.6 Å². The molecule has 2 atom stereocenters. The minimum Gasteiger partial charge on any atom is -0.205 e. The second-order valence-electron chi connectivity index (χ2n) is 2.65. The van der Waals surface area contributed by atoms with Crippen molar-refractivity contribution in [3.8, 4) is 0 Å². The quantitative estimate of drug-likeness (QED) is 0.543. The van der Waals surface area contributed by atoms with Gasteiger partial charge in [0, 0.05) is 11.5 Å². The van der Waals surface area contributed by atoms with Gasteiger partial charge in [-0.25, -0.2) is 5.32 Å². The predicted molar refractivity (Wildman–Crippen MR) is 75.4 cm³/mol. The molecule has 0 aliphatic rings. The van der Waals surface area contributed by atoms with Gasteiger partial charge in [0.25, 0.3) is 0 Å². The summed E-state index contributed by atoms with van der Waals surface area (Å²) in [6.45, 7) is 14.9. The Kier molecular flexibility index (Phi) is 9.89. The Balaban J connectivity index is 3.98. The predicted octanol–water partition coefficient (Wildman–Crippen LogP) is 3.45. The fourth-order valence-electron chi connectivity index (χ4n) is 0.822. The second-order valence-corrected chi connectivity index (χ2v) is 4.94. The molecule has 1 nitrogen and oxygen atoms in total. The smallest absolute Gasteiger partial charge is 0.0897 e. The molecule has 0 aliphatic carbocycles. The summed E-state index contributed by atoms with van der Waals surface area (Å²) in [6.07, 6.45) is 7.44. The Bertz CT molecular complexity index is 192. The van der Waals surface area contributed by atoms with Gasteiger partial charge in [0.1, 0.15) is 0 Å². The third-order valence-electron chi connectivity index (χ3n) is 1.47. The van der Waals surface area contributed by atoms with Crippen LogP contribution in [0.1, 0.15) is 0 Å². The van der Waals surface area contributed by atoms with E-state index in [1.807, 2.05) is 24.3 Å². The zero-order valence-corrected chi connectivity index (χ0v) is 10.6. The van der Waals surface area contributed by atoms with Crippen LogP contribution in [0.25, 0.3) is 0 Å². The Morgan fingerprint density at radius 3 is 1.53 bits per heavy atom. The number of rotatable bonds is 10. The zero-order valence-electron chi connectivity index (χ0n) is 8.97. The lowest BCUT2D eigenvalue weighted by molar-refractivity contribution is 0.745. The van der Waals surface area contributed by atoms with E-state index in [9.17, 15) is 0 Å². The second kappa shape index (κ2) is 10.1. The van der Waals surface area contributed by atoms with Crippen LogP contribution in [-0.2, 0) is 0 Å². The van der Waals surface area contributed by atoms with E-state index >= 15 is 0 Å². The highest BCUT2D eigenvalue weighted by atomic mass is 32.2. The minimum atomic E-state index is 0.114. The monoisotopic (exact) mass is 240 g/mol. The molecule has 0 rings (SSSR count). The average Bonchev–Trinajstić information content (AvgIpc) is 2.28. The lowest BCUT2D eigenvalue weighted by Gasteiger charge is -2.17. The molecule has 0 heterocycles. The minimum absolute atomic E-state index is 0.114. The summed E-state index contributed by atoms with van der Waals surface area (Å²) >= 11 is 3.42. The van der Waals surface area contributed by atoms with Gasteiger partial charge in [-0.3, -0.25) is 0 Å². The number of thioether (sulfide) groups is 2. The molecule has 0 fully saturated rings. The van der Waals surface area contributed by atoms with Crippen molar-refractivity contribution < 1.29 is 0 Å². The van der Waals surface area contributed by atoms with E-state index in [4.69, 9.17) is 0 Å². The third kappa shape index (κ3) is 7.54. The van der Waals surface area contributed by atoms with Crippen molar-refractivity contribution in [1.29, 1.82) is 0 Å². The van der Waals surface area contributed by atoms with Crippen molar-refractivity contribution >= 4 is 23.5 Å². The van der Waals surface area contributed by atoms with Gasteiger partial charge >= 0.3 is 0 Å². The lowest BCUT2D eigenvalue weighted by atomic mass is 10.5. The normalized spacial score (nSPS) is 13.9. The molecule has 0 N–H and O–H groups in total. The summed E-state index contributed by atoms with van der Waals surface area (Å²) in [6, 6.07) is 0. The highest BCUT2D eigenvalue weighted by Crippen LogP contribution is 2.17. The summed E-state index contributed by atoms with van der Waals surface area (Å²) in [5, 5.41) is 4.81. The van der Waals surface area contributed by atoms with Crippen molar-refractivity contribution in [2.75, 3.05) is 11.5 Å². The van der Waals surface area contributed by atoms with Crippen molar-refractivity contribution in [2.45, 2.75) is 10.7 Å². The number of hydrogen-bond acceptors (Lipinski definition) is 2. The first kappa shape index (κ1) is 14.6. The van der Waals surface area contributed by atoms with Gasteiger partial charge < -0.3 is 0 Å². The molecule has 0 spiro atoms. The molecule has 15 heavy (non-hydrogen) atoms. The van der Waals surface area contributed by atoms with Gasteiger partial charge in [-0.15, -0.1) is 49.8 Å². The van der Waals surface area contributed by atoms with Crippen molar-refractivity contribution in [1.82, 2.24) is 5.32 Å². The molecular weight excluding hydrogens is 222 g/mol. The SMILES string of the molecule is C=CCSC(C=C)[N]C(C=C)SCC=C. The highest BCUT2D eigenvalue weighted by Gasteiger charge is 2.11. The van der Waals surface area contributed by atoms with Crippen molar-refractivity contribution in [2.24, 2.45) is 0 Å². The van der Waals surface area contributed by atoms with Crippen LogP contribution in [0.4, 0.5) is 0 Å². The zero-order chi connectivity index (χ0) is 11.5. The van der Waals surface area contributed by atoms with Crippen LogP contribution in [-0.4, -0.2) is 22.3 Å². The van der Waals surface area contributed by atoms with Crippen LogP contribution in [0.2, 0.25) is 0 Å². The van der Waals surface area contributed by atoms with Crippen molar-refractivity contribution in [3.63, 3.8) is 0 Å². The van der Waals surface area contributed by atoms with Crippen LogP contribution in [0.5, 0.6) is 0 Å². The first-order valence-electron chi connectivity index (χ1n) is 4.68. The Labute approximate surface area is 102 Å². The topological polar surface area (TPSA) is 14.1 Å². The number of nitrogens with zero attached hydrogens (tertiary/aromatic N) is 1. The van der Waals surface area contributed by atoms with E-state index in [1.165, 1.54) is 0 Å². The van der Waals surface area contributed by atoms with Gasteiger partial charge in [-0.2, -0.15) is 0 Å². The molecule has 0 saturated heterocycles. The summed E-state index contributed by atoms with van der Waals surface area (Å²) in [5.74, 6) is 1.77. The first-order valence-corrected chi connectivity index (χ1v) is 6.78. The maximum atomic E-state index is 4.58. The van der Waals surface area contributed by atoms with Gasteiger partial charge in [-0.1, -0.05) is 24.3 Å². The van der Waals surface area contributed by atoms with Gasteiger partial charge in [0.15, 0.2) is 0 Å². The van der Waals surface area contributed by atoms with Crippen LogP contribution < -0.4 is 5.32 Å². The molecule has 1 radical (unpaired) electrons. The molecule has 0 aromatic rings. The summed E-state index contributed by atoms with van der Waals surface area (Å²) in [7, 11) is 0. The molecule has 0 bridgehead atoms. The standard InChI is InChI=1S/C12H18NS2/c1-5-9-14-11(7-3)13-12(8-4)15-10-6-2/h5-8,11-12H,1-4,9-10H2. The Morgan fingerprint density at radius 2 is 1.27 bits per heavy atom. The maximum Gasteiger partial charge on any atom is 0.0897 e. The van der Waals surface area contributed by atoms with E-state index < -0.39 is 0 Å². The molecule has 83 valence electrons. The Morgan fingerprint density at radius 1 is 0.867 bits per heavy atom. The fraction of sp³-hybridized carbons (Fsp3) is 0.333. The van der Waals surface area contributed by atoms with Gasteiger partial charge in [-0.05, 0) is 0 Å². The van der Waals surface area contributed by atoms with Gasteiger partial charge in [0.05, 0.1) is 10.7 Å². The summed E-state index contributed by atoms with van der Waals surface area (Å²) < 4.78 is 0. The third-order valence-corrected chi connectivity index (χ3v) is 3.63. The largest absolute Gasteiger partial charge is 0.205 e. The van der Waals surface area contributed by atoms with E-state index in [0.29, 0.717) is 0 Å². The molecule has 3 heteroatoms. The lowest BCUT2D eigenvalue weighted by Crippen LogP contribution is -2.24. The average molecular weight is 240 g/mol. The van der Waals surface area contributed by atoms with E-state index in [-0.39, 0.29) is 10.7 Å². The number of hydrogen-bond donors (Lipinski definition) is 0. The van der Waals surface area contributed by atoms with Crippen LogP contribution in [0.3, 0.4) is 0 Å². The summed E-state index contributed by atoms with van der Waals surface area (Å²) in [5.41, 5.74) is 0. The van der Waals surface area contributed by atoms with Crippen LogP contribution in [0, 0.1) is 0 Å². The first-order chi connectivity index (χ1) is 7.28. The Hall–Kier alpha value is -0.380. The molecule has 0 aromatic carbocycles. The fourth-order valence-corrected chi connectivity index (χ4v) is 2.27. The van der Waals surface area contributed by atoms with E-state index in [0.717, 1.165) is 11.5 Å². The molecule has 0 saturated carbocycles. The van der Waals surface area contributed by atoms with Crippen LogP contribution in [0.15, 0.2) is 50.6 Å². The van der Waals surface area contributed by atoms with Crippen LogP contribution >= 0.6 is 23.5 Å². The highest BCUT2D eigenvalue weighted by molar-refractivity contribution is 8.01.